The van der Waals surface area contributed by atoms with Crippen LogP contribution in [0.25, 0.3) is 0 Å². The van der Waals surface area contributed by atoms with Gasteiger partial charge in [0.25, 0.3) is 0 Å². The number of carbonyl (C=O) groups excluding carboxylic acids is 1. The summed E-state index contributed by atoms with van der Waals surface area (Å²) in [5.74, 6) is 0.494. The molecule has 0 atom stereocenters. The Hall–Kier alpha value is -2.21. The largest absolute Gasteiger partial charge is 0.399 e. The van der Waals surface area contributed by atoms with Crippen molar-refractivity contribution in [2.24, 2.45) is 0 Å². The van der Waals surface area contributed by atoms with Gasteiger partial charge in [0.15, 0.2) is 0 Å². The summed E-state index contributed by atoms with van der Waals surface area (Å²) >= 11 is 1.70. The Kier molecular flexibility index (Phi) is 3.70. The smallest absolute Gasteiger partial charge is 0.326 e. The first-order valence-electron chi connectivity index (χ1n) is 6.50. The van der Waals surface area contributed by atoms with Crippen molar-refractivity contribution < 1.29 is 9.18 Å². The molecule has 1 aliphatic heterocycles. The van der Waals surface area contributed by atoms with Gasteiger partial charge in [0.1, 0.15) is 5.82 Å². The van der Waals surface area contributed by atoms with Gasteiger partial charge < -0.3 is 11.1 Å². The van der Waals surface area contributed by atoms with Crippen molar-refractivity contribution in [1.82, 2.24) is 0 Å². The van der Waals surface area contributed by atoms with Crippen LogP contribution in [-0.4, -0.2) is 18.3 Å². The first-order chi connectivity index (χ1) is 10.1. The highest BCUT2D eigenvalue weighted by Gasteiger charge is 2.23. The van der Waals surface area contributed by atoms with E-state index < -0.39 is 0 Å². The molecule has 0 radical (unpaired) electrons. The summed E-state index contributed by atoms with van der Waals surface area (Å²) in [6, 6.07) is 11.0. The molecule has 0 aliphatic carbocycles. The monoisotopic (exact) mass is 303 g/mol. The molecule has 0 aromatic heterocycles. The topological polar surface area (TPSA) is 58.4 Å². The first-order valence-corrected chi connectivity index (χ1v) is 7.48. The first kappa shape index (κ1) is 13.8. The maximum absolute atomic E-state index is 12.9. The fourth-order valence-electron chi connectivity index (χ4n) is 2.17. The highest BCUT2D eigenvalue weighted by atomic mass is 32.2. The number of nitrogens with two attached hydrogens (primary N) is 1. The molecule has 0 saturated heterocycles. The lowest BCUT2D eigenvalue weighted by molar-refractivity contribution is 0.257. The third-order valence-electron chi connectivity index (χ3n) is 3.19. The van der Waals surface area contributed by atoms with Gasteiger partial charge in [0.05, 0.1) is 5.69 Å². The van der Waals surface area contributed by atoms with Gasteiger partial charge in [-0.1, -0.05) is 0 Å². The van der Waals surface area contributed by atoms with Gasteiger partial charge in [-0.2, -0.15) is 0 Å². The van der Waals surface area contributed by atoms with Gasteiger partial charge in [-0.15, -0.1) is 11.8 Å². The van der Waals surface area contributed by atoms with Crippen LogP contribution < -0.4 is 16.0 Å². The van der Waals surface area contributed by atoms with E-state index in [1.807, 2.05) is 12.1 Å². The third kappa shape index (κ3) is 2.95. The summed E-state index contributed by atoms with van der Waals surface area (Å²) in [7, 11) is 0. The van der Waals surface area contributed by atoms with Gasteiger partial charge in [0.2, 0.25) is 0 Å². The number of hydrogen-bond donors (Lipinski definition) is 2. The predicted molar refractivity (Wildman–Crippen MR) is 84.3 cm³/mol. The molecular weight excluding hydrogens is 289 g/mol. The molecule has 3 rings (SSSR count). The molecule has 6 heteroatoms. The van der Waals surface area contributed by atoms with E-state index in [0.717, 1.165) is 16.3 Å². The SMILES string of the molecule is Nc1ccc2c(c1)N(C(=O)Nc1ccc(F)cc1)CCS2. The zero-order valence-electron chi connectivity index (χ0n) is 11.2. The molecule has 21 heavy (non-hydrogen) atoms. The second-order valence-corrected chi connectivity index (χ2v) is 5.80. The van der Waals surface area contributed by atoms with E-state index in [0.29, 0.717) is 17.9 Å². The molecule has 2 aromatic carbocycles. The Morgan fingerprint density at radius 2 is 2.00 bits per heavy atom. The van der Waals surface area contributed by atoms with Crippen LogP contribution in [-0.2, 0) is 0 Å². The lowest BCUT2D eigenvalue weighted by Gasteiger charge is -2.29. The van der Waals surface area contributed by atoms with Gasteiger partial charge in [-0.05, 0) is 42.5 Å². The van der Waals surface area contributed by atoms with Crippen molar-refractivity contribution >= 4 is 34.9 Å². The molecule has 0 unspecified atom stereocenters. The van der Waals surface area contributed by atoms with Crippen LogP contribution in [0, 0.1) is 5.82 Å². The summed E-state index contributed by atoms with van der Waals surface area (Å²) in [5.41, 5.74) is 7.80. The Morgan fingerprint density at radius 3 is 2.76 bits per heavy atom. The lowest BCUT2D eigenvalue weighted by atomic mass is 10.2. The quantitative estimate of drug-likeness (QED) is 0.792. The number of thioether (sulfide) groups is 1. The Morgan fingerprint density at radius 1 is 1.24 bits per heavy atom. The van der Waals surface area contributed by atoms with Gasteiger partial charge in [-0.25, -0.2) is 9.18 Å². The maximum atomic E-state index is 12.9. The van der Waals surface area contributed by atoms with E-state index in [2.05, 4.69) is 5.32 Å². The maximum Gasteiger partial charge on any atom is 0.326 e. The second kappa shape index (κ2) is 5.65. The number of halogens is 1. The zero-order chi connectivity index (χ0) is 14.8. The molecule has 1 aliphatic rings. The number of rotatable bonds is 1. The molecule has 1 heterocycles. The van der Waals surface area contributed by atoms with Crippen LogP contribution in [0.2, 0.25) is 0 Å². The number of amides is 2. The van der Waals surface area contributed by atoms with E-state index in [-0.39, 0.29) is 11.8 Å². The normalized spacial score (nSPS) is 13.7. The van der Waals surface area contributed by atoms with Crippen LogP contribution >= 0.6 is 11.8 Å². The Labute approximate surface area is 126 Å². The molecule has 0 bridgehead atoms. The molecule has 2 aromatic rings. The van der Waals surface area contributed by atoms with Crippen molar-refractivity contribution in [1.29, 1.82) is 0 Å². The van der Waals surface area contributed by atoms with E-state index in [1.54, 1.807) is 22.7 Å². The van der Waals surface area contributed by atoms with E-state index in [9.17, 15) is 9.18 Å². The third-order valence-corrected chi connectivity index (χ3v) is 4.23. The molecule has 3 N–H and O–H groups in total. The van der Waals surface area contributed by atoms with E-state index in [1.165, 1.54) is 24.3 Å². The second-order valence-electron chi connectivity index (χ2n) is 4.66. The minimum Gasteiger partial charge on any atom is -0.399 e. The summed E-state index contributed by atoms with van der Waals surface area (Å²) in [6.45, 7) is 0.605. The van der Waals surface area contributed by atoms with Crippen molar-refractivity contribution in [3.05, 3.63) is 48.3 Å². The van der Waals surface area contributed by atoms with Crippen LogP contribution in [0.1, 0.15) is 0 Å². The van der Waals surface area contributed by atoms with Crippen molar-refractivity contribution in [3.63, 3.8) is 0 Å². The number of nitrogen functional groups attached to an aromatic ring is 1. The average Bonchev–Trinajstić information content (AvgIpc) is 2.49. The number of fused-ring (bicyclic) bond motifs is 1. The highest BCUT2D eigenvalue weighted by molar-refractivity contribution is 7.99. The fraction of sp³-hybridized carbons (Fsp3) is 0.133. The van der Waals surface area contributed by atoms with Crippen LogP contribution in [0.4, 0.5) is 26.2 Å². The number of hydrogen-bond acceptors (Lipinski definition) is 3. The minimum atomic E-state index is -0.333. The number of carbonyl (C=O) groups is 1. The predicted octanol–water partition coefficient (Wildman–Crippen LogP) is 3.55. The zero-order valence-corrected chi connectivity index (χ0v) is 12.0. The molecule has 0 fully saturated rings. The number of urea groups is 1. The van der Waals surface area contributed by atoms with Crippen LogP contribution in [0.5, 0.6) is 0 Å². The molecule has 2 amide bonds. The van der Waals surface area contributed by atoms with Gasteiger partial charge >= 0.3 is 6.03 Å². The van der Waals surface area contributed by atoms with Crippen LogP contribution in [0.15, 0.2) is 47.4 Å². The molecule has 108 valence electrons. The fourth-order valence-corrected chi connectivity index (χ4v) is 3.14. The van der Waals surface area contributed by atoms with Crippen LogP contribution in [0.3, 0.4) is 0 Å². The molecule has 0 saturated carbocycles. The number of anilines is 3. The lowest BCUT2D eigenvalue weighted by Crippen LogP contribution is -2.38. The molecule has 0 spiro atoms. The standard InChI is InChI=1S/C15H14FN3OS/c16-10-1-4-12(5-2-10)18-15(20)19-7-8-21-14-6-3-11(17)9-13(14)19/h1-6,9H,7-8,17H2,(H,18,20). The minimum absolute atomic E-state index is 0.242. The van der Waals surface area contributed by atoms with Gasteiger partial charge in [0, 0.05) is 28.6 Å². The van der Waals surface area contributed by atoms with E-state index in [4.69, 9.17) is 5.73 Å². The summed E-state index contributed by atoms with van der Waals surface area (Å²) < 4.78 is 12.9. The van der Waals surface area contributed by atoms with Crippen molar-refractivity contribution in [2.45, 2.75) is 4.90 Å². The highest BCUT2D eigenvalue weighted by Crippen LogP contribution is 2.36. The van der Waals surface area contributed by atoms with E-state index >= 15 is 0 Å². The summed E-state index contributed by atoms with van der Waals surface area (Å²) in [6.07, 6.45) is 0. The van der Waals surface area contributed by atoms with Crippen molar-refractivity contribution in [3.8, 4) is 0 Å². The number of nitrogens with one attached hydrogen (secondary N) is 1. The summed E-state index contributed by atoms with van der Waals surface area (Å²) in [4.78, 5) is 15.1. The average molecular weight is 303 g/mol. The molecule has 4 nitrogen and oxygen atoms in total. The Bertz CT molecular complexity index is 675. The number of benzene rings is 2. The van der Waals surface area contributed by atoms with Gasteiger partial charge in [-0.3, -0.25) is 4.90 Å². The van der Waals surface area contributed by atoms with Crippen molar-refractivity contribution in [2.75, 3.05) is 28.2 Å². The Balaban J connectivity index is 1.83. The molecular formula is C15H14FN3OS. The summed E-state index contributed by atoms with van der Waals surface area (Å²) in [5, 5.41) is 2.77. The number of nitrogens with zero attached hydrogens (tertiary/aromatic N) is 1.